The van der Waals surface area contributed by atoms with Crippen molar-refractivity contribution in [2.45, 2.75) is 19.8 Å². The molecule has 0 N–H and O–H groups in total. The van der Waals surface area contributed by atoms with Crippen LogP contribution in [0.2, 0.25) is 5.15 Å². The first kappa shape index (κ1) is 11.3. The van der Waals surface area contributed by atoms with Crippen LogP contribution in [0.3, 0.4) is 0 Å². The van der Waals surface area contributed by atoms with E-state index in [4.69, 9.17) is 16.3 Å². The van der Waals surface area contributed by atoms with Crippen molar-refractivity contribution in [3.05, 3.63) is 22.9 Å². The monoisotopic (exact) mass is 240 g/mol. The van der Waals surface area contributed by atoms with E-state index in [9.17, 15) is 0 Å². The van der Waals surface area contributed by atoms with Crippen molar-refractivity contribution in [3.8, 4) is 0 Å². The molecule has 0 saturated heterocycles. The average Bonchev–Trinajstić information content (AvgIpc) is 2.62. The maximum absolute atomic E-state index is 5.85. The predicted octanol–water partition coefficient (Wildman–Crippen LogP) is 1.67. The van der Waals surface area contributed by atoms with Gasteiger partial charge in [0, 0.05) is 26.2 Å². The molecule has 0 spiro atoms. The van der Waals surface area contributed by atoms with Crippen molar-refractivity contribution >= 4 is 17.2 Å². The Morgan fingerprint density at radius 3 is 3.00 bits per heavy atom. The van der Waals surface area contributed by atoms with E-state index in [0.717, 1.165) is 36.7 Å². The van der Waals surface area contributed by atoms with E-state index < -0.39 is 0 Å². The van der Waals surface area contributed by atoms with Gasteiger partial charge in [0.2, 0.25) is 0 Å². The number of aromatic nitrogens is 4. The Morgan fingerprint density at radius 1 is 1.44 bits per heavy atom. The topological polar surface area (TPSA) is 52.3 Å². The van der Waals surface area contributed by atoms with Gasteiger partial charge in [0.15, 0.2) is 5.65 Å². The van der Waals surface area contributed by atoms with E-state index >= 15 is 0 Å². The van der Waals surface area contributed by atoms with E-state index in [0.29, 0.717) is 5.15 Å². The van der Waals surface area contributed by atoms with Crippen molar-refractivity contribution in [3.63, 3.8) is 0 Å². The van der Waals surface area contributed by atoms with Gasteiger partial charge in [-0.05, 0) is 13.3 Å². The number of aryl methyl sites for hydroxylation is 2. The summed E-state index contributed by atoms with van der Waals surface area (Å²) in [4.78, 5) is 4.18. The fraction of sp³-hybridized carbons (Fsp3) is 0.500. The summed E-state index contributed by atoms with van der Waals surface area (Å²) in [6.45, 7) is 2.61. The lowest BCUT2D eigenvalue weighted by Gasteiger charge is -2.03. The van der Waals surface area contributed by atoms with Gasteiger partial charge in [-0.1, -0.05) is 11.6 Å². The number of hydrogen-bond acceptors (Lipinski definition) is 4. The van der Waals surface area contributed by atoms with Crippen LogP contribution in [0.5, 0.6) is 0 Å². The molecule has 0 atom stereocenters. The second-order valence-corrected chi connectivity index (χ2v) is 3.92. The van der Waals surface area contributed by atoms with Crippen molar-refractivity contribution in [1.29, 1.82) is 0 Å². The molecule has 2 aromatic rings. The highest BCUT2D eigenvalue weighted by molar-refractivity contribution is 6.29. The maximum Gasteiger partial charge on any atom is 0.165 e. The number of nitrogens with zero attached hydrogens (tertiary/aromatic N) is 4. The number of ether oxygens (including phenoxy) is 1. The SMILES string of the molecule is COCCCc1nnc2cc(Cl)nc(C)n12. The highest BCUT2D eigenvalue weighted by Crippen LogP contribution is 2.13. The first-order valence-electron chi connectivity index (χ1n) is 5.08. The lowest BCUT2D eigenvalue weighted by molar-refractivity contribution is 0.194. The Hall–Kier alpha value is -1.20. The zero-order chi connectivity index (χ0) is 11.5. The molecule has 0 aliphatic carbocycles. The van der Waals surface area contributed by atoms with E-state index in [-0.39, 0.29) is 0 Å². The molecule has 5 nitrogen and oxygen atoms in total. The highest BCUT2D eigenvalue weighted by atomic mass is 35.5. The first-order valence-corrected chi connectivity index (χ1v) is 5.46. The molecule has 16 heavy (non-hydrogen) atoms. The lowest BCUT2D eigenvalue weighted by atomic mass is 10.3. The maximum atomic E-state index is 5.85. The number of halogens is 1. The lowest BCUT2D eigenvalue weighted by Crippen LogP contribution is -2.02. The van der Waals surface area contributed by atoms with Crippen LogP contribution < -0.4 is 0 Å². The standard InChI is InChI=1S/C10H13ClN4O/c1-7-12-8(11)6-10-14-13-9(15(7)10)4-3-5-16-2/h6H,3-5H2,1-2H3. The van der Waals surface area contributed by atoms with Crippen molar-refractivity contribution in [1.82, 2.24) is 19.6 Å². The summed E-state index contributed by atoms with van der Waals surface area (Å²) in [5.41, 5.74) is 0.741. The first-order chi connectivity index (χ1) is 7.72. The molecule has 2 aromatic heterocycles. The predicted molar refractivity (Wildman–Crippen MR) is 60.7 cm³/mol. The molecule has 86 valence electrons. The van der Waals surface area contributed by atoms with E-state index in [2.05, 4.69) is 15.2 Å². The van der Waals surface area contributed by atoms with E-state index in [1.54, 1.807) is 13.2 Å². The fourth-order valence-corrected chi connectivity index (χ4v) is 1.88. The van der Waals surface area contributed by atoms with Gasteiger partial charge in [-0.25, -0.2) is 4.98 Å². The molecule has 0 aromatic carbocycles. The van der Waals surface area contributed by atoms with Gasteiger partial charge < -0.3 is 4.74 Å². The molecular formula is C10H13ClN4O. The Morgan fingerprint density at radius 2 is 2.25 bits per heavy atom. The molecule has 0 fully saturated rings. The molecule has 2 heterocycles. The summed E-state index contributed by atoms with van der Waals surface area (Å²) in [5, 5.41) is 8.64. The third-order valence-electron chi connectivity index (χ3n) is 2.34. The van der Waals surface area contributed by atoms with Crippen molar-refractivity contribution < 1.29 is 4.74 Å². The Labute approximate surface area is 98.4 Å². The van der Waals surface area contributed by atoms with Crippen LogP contribution in [0.1, 0.15) is 18.1 Å². The van der Waals surface area contributed by atoms with Gasteiger partial charge in [0.05, 0.1) is 0 Å². The van der Waals surface area contributed by atoms with Gasteiger partial charge in [-0.15, -0.1) is 10.2 Å². The second kappa shape index (κ2) is 4.76. The molecule has 0 amide bonds. The highest BCUT2D eigenvalue weighted by Gasteiger charge is 2.09. The van der Waals surface area contributed by atoms with Gasteiger partial charge in [0.25, 0.3) is 0 Å². The summed E-state index contributed by atoms with van der Waals surface area (Å²) >= 11 is 5.85. The molecular weight excluding hydrogens is 228 g/mol. The normalized spacial score (nSPS) is 11.2. The average molecular weight is 241 g/mol. The van der Waals surface area contributed by atoms with E-state index in [1.165, 1.54) is 0 Å². The molecule has 0 saturated carbocycles. The minimum Gasteiger partial charge on any atom is -0.385 e. The van der Waals surface area contributed by atoms with Crippen LogP contribution in [0.25, 0.3) is 5.65 Å². The molecule has 0 bridgehead atoms. The third-order valence-corrected chi connectivity index (χ3v) is 2.54. The Kier molecular flexibility index (Phi) is 3.36. The second-order valence-electron chi connectivity index (χ2n) is 3.53. The molecule has 2 rings (SSSR count). The number of methoxy groups -OCH3 is 1. The quantitative estimate of drug-likeness (QED) is 0.603. The summed E-state index contributed by atoms with van der Waals surface area (Å²) in [5.74, 6) is 1.70. The Balaban J connectivity index is 2.33. The molecule has 0 unspecified atom stereocenters. The zero-order valence-corrected chi connectivity index (χ0v) is 10.0. The van der Waals surface area contributed by atoms with Crippen molar-refractivity contribution in [2.75, 3.05) is 13.7 Å². The molecule has 0 radical (unpaired) electrons. The van der Waals surface area contributed by atoms with Gasteiger partial charge in [-0.3, -0.25) is 4.40 Å². The minimum absolute atomic E-state index is 0.445. The number of hydrogen-bond donors (Lipinski definition) is 0. The van der Waals surface area contributed by atoms with Crippen LogP contribution in [0.15, 0.2) is 6.07 Å². The fourth-order valence-electron chi connectivity index (χ4n) is 1.66. The van der Waals surface area contributed by atoms with Crippen LogP contribution in [0, 0.1) is 6.92 Å². The summed E-state index contributed by atoms with van der Waals surface area (Å²) in [6, 6.07) is 1.71. The van der Waals surface area contributed by atoms with Crippen LogP contribution in [-0.2, 0) is 11.2 Å². The zero-order valence-electron chi connectivity index (χ0n) is 9.27. The summed E-state index contributed by atoms with van der Waals surface area (Å²) in [7, 11) is 1.69. The van der Waals surface area contributed by atoms with Crippen molar-refractivity contribution in [2.24, 2.45) is 0 Å². The summed E-state index contributed by atoms with van der Waals surface area (Å²) < 4.78 is 6.93. The van der Waals surface area contributed by atoms with Crippen LogP contribution in [-0.4, -0.2) is 33.3 Å². The number of rotatable bonds is 4. The number of fused-ring (bicyclic) bond motifs is 1. The van der Waals surface area contributed by atoms with Crippen LogP contribution in [0.4, 0.5) is 0 Å². The van der Waals surface area contributed by atoms with Gasteiger partial charge >= 0.3 is 0 Å². The Bertz CT molecular complexity index is 497. The van der Waals surface area contributed by atoms with Gasteiger partial charge in [0.1, 0.15) is 16.8 Å². The van der Waals surface area contributed by atoms with Crippen LogP contribution >= 0.6 is 11.6 Å². The molecule has 0 aliphatic heterocycles. The minimum atomic E-state index is 0.445. The summed E-state index contributed by atoms with van der Waals surface area (Å²) in [6.07, 6.45) is 1.73. The van der Waals surface area contributed by atoms with E-state index in [1.807, 2.05) is 11.3 Å². The molecule has 0 aliphatic rings. The van der Waals surface area contributed by atoms with Gasteiger partial charge in [-0.2, -0.15) is 0 Å². The smallest absolute Gasteiger partial charge is 0.165 e. The molecule has 6 heteroatoms. The largest absolute Gasteiger partial charge is 0.385 e. The third kappa shape index (κ3) is 2.15.